The lowest BCUT2D eigenvalue weighted by atomic mass is 10.1. The number of aliphatic hydroxyl groups excluding tert-OH is 1. The predicted molar refractivity (Wildman–Crippen MR) is 123 cm³/mol. The summed E-state index contributed by atoms with van der Waals surface area (Å²) >= 11 is 0. The zero-order valence-corrected chi connectivity index (χ0v) is 18.9. The summed E-state index contributed by atoms with van der Waals surface area (Å²) in [6.45, 7) is 13.0. The van der Waals surface area contributed by atoms with Crippen LogP contribution < -0.4 is 0 Å². The Labute approximate surface area is 177 Å². The first-order chi connectivity index (χ1) is 13.9. The molecule has 0 spiro atoms. The topological polar surface area (TPSA) is 53.4 Å². The minimum absolute atomic E-state index is 0.148. The Bertz CT molecular complexity index is 766. The van der Waals surface area contributed by atoms with Crippen molar-refractivity contribution < 1.29 is 9.90 Å². The summed E-state index contributed by atoms with van der Waals surface area (Å²) in [7, 11) is 1.69. The molecule has 29 heavy (non-hydrogen) atoms. The van der Waals surface area contributed by atoms with Gasteiger partial charge in [0.15, 0.2) is 0 Å². The van der Waals surface area contributed by atoms with Gasteiger partial charge in [0, 0.05) is 30.4 Å². The first-order valence-corrected chi connectivity index (χ1v) is 10.4. The zero-order chi connectivity index (χ0) is 22.4. The Morgan fingerprint density at radius 2 is 1.76 bits per heavy atom. The van der Waals surface area contributed by atoms with Crippen LogP contribution in [0.2, 0.25) is 0 Å². The Morgan fingerprint density at radius 1 is 1.14 bits per heavy atom. The lowest BCUT2D eigenvalue weighted by Gasteiger charge is -2.07. The molecule has 0 radical (unpaired) electrons. The number of amides is 1. The highest BCUT2D eigenvalue weighted by Gasteiger charge is 2.25. The Kier molecular flexibility index (Phi) is 13.1. The van der Waals surface area contributed by atoms with Gasteiger partial charge in [-0.15, -0.1) is 6.42 Å². The fourth-order valence-electron chi connectivity index (χ4n) is 2.51. The number of likely N-dealkylation sites (N-methyl/N-ethyl adjacent to an activating group) is 1. The van der Waals surface area contributed by atoms with E-state index in [1.807, 2.05) is 64.1 Å². The third-order valence-electron chi connectivity index (χ3n) is 4.09. The van der Waals surface area contributed by atoms with Crippen LogP contribution in [0.1, 0.15) is 65.1 Å². The van der Waals surface area contributed by atoms with Crippen LogP contribution in [0, 0.1) is 12.3 Å². The number of hydrogen-bond donors (Lipinski definition) is 1. The molecule has 1 aliphatic rings. The van der Waals surface area contributed by atoms with Gasteiger partial charge in [-0.3, -0.25) is 9.78 Å². The van der Waals surface area contributed by atoms with Gasteiger partial charge in [0.25, 0.3) is 5.91 Å². The second-order valence-corrected chi connectivity index (χ2v) is 6.39. The third kappa shape index (κ3) is 8.50. The Morgan fingerprint density at radius 3 is 2.21 bits per heavy atom. The summed E-state index contributed by atoms with van der Waals surface area (Å²) in [5.41, 5.74) is 4.05. The van der Waals surface area contributed by atoms with E-state index in [0.29, 0.717) is 18.9 Å². The van der Waals surface area contributed by atoms with E-state index in [9.17, 15) is 4.79 Å². The first-order valence-electron chi connectivity index (χ1n) is 10.4. The maximum absolute atomic E-state index is 10.6. The zero-order valence-electron chi connectivity index (χ0n) is 18.9. The van der Waals surface area contributed by atoms with E-state index < -0.39 is 6.10 Å². The largest absolute Gasteiger partial charge is 0.383 e. The molecule has 1 aromatic carbocycles. The van der Waals surface area contributed by atoms with Crippen molar-refractivity contribution in [2.24, 2.45) is 0 Å². The number of pyridine rings is 1. The molecule has 3 rings (SSSR count). The highest BCUT2D eigenvalue weighted by Crippen LogP contribution is 2.21. The molecule has 1 aliphatic heterocycles. The van der Waals surface area contributed by atoms with Crippen LogP contribution in [-0.4, -0.2) is 40.6 Å². The van der Waals surface area contributed by atoms with Gasteiger partial charge in [0.2, 0.25) is 0 Å². The van der Waals surface area contributed by atoms with E-state index in [1.165, 1.54) is 4.90 Å². The van der Waals surface area contributed by atoms with Crippen molar-refractivity contribution in [3.05, 3.63) is 53.7 Å². The average molecular weight is 397 g/mol. The second kappa shape index (κ2) is 14.4. The summed E-state index contributed by atoms with van der Waals surface area (Å²) in [5, 5.41) is 8.78. The number of nitrogens with zero attached hydrogens (tertiary/aromatic N) is 2. The van der Waals surface area contributed by atoms with Crippen LogP contribution in [0.15, 0.2) is 42.5 Å². The van der Waals surface area contributed by atoms with Crippen molar-refractivity contribution >= 4 is 5.91 Å². The van der Waals surface area contributed by atoms with Crippen LogP contribution in [-0.2, 0) is 4.79 Å². The molecule has 4 nitrogen and oxygen atoms in total. The molecule has 1 unspecified atom stereocenters. The summed E-state index contributed by atoms with van der Waals surface area (Å²) in [4.78, 5) is 16.8. The normalized spacial score (nSPS) is 14.6. The minimum Gasteiger partial charge on any atom is -0.383 e. The highest BCUT2D eigenvalue weighted by atomic mass is 16.3. The molecule has 1 fully saturated rings. The van der Waals surface area contributed by atoms with Gasteiger partial charge in [-0.2, -0.15) is 0 Å². The lowest BCUT2D eigenvalue weighted by molar-refractivity contribution is -0.133. The Balaban J connectivity index is 0.000000547. The van der Waals surface area contributed by atoms with Crippen molar-refractivity contribution in [2.75, 3.05) is 13.6 Å². The van der Waals surface area contributed by atoms with Crippen molar-refractivity contribution in [1.82, 2.24) is 9.88 Å². The highest BCUT2D eigenvalue weighted by molar-refractivity contribution is 5.82. The molecular formula is C25H36N2O2. The maximum Gasteiger partial charge on any atom is 0.251 e. The van der Waals surface area contributed by atoms with E-state index in [2.05, 4.69) is 30.8 Å². The fraction of sp³-hybridized carbons (Fsp3) is 0.440. The third-order valence-corrected chi connectivity index (χ3v) is 4.09. The number of benzene rings is 1. The van der Waals surface area contributed by atoms with Gasteiger partial charge in [-0.1, -0.05) is 65.7 Å². The number of hydrogen-bond acceptors (Lipinski definition) is 3. The van der Waals surface area contributed by atoms with E-state index in [1.54, 1.807) is 7.05 Å². The number of carbonyl (C=O) groups excluding carboxylic acids is 1. The molecule has 1 atom stereocenters. The van der Waals surface area contributed by atoms with Gasteiger partial charge in [-0.25, -0.2) is 0 Å². The first kappa shape index (κ1) is 26.4. The summed E-state index contributed by atoms with van der Waals surface area (Å²) < 4.78 is 0. The van der Waals surface area contributed by atoms with E-state index in [-0.39, 0.29) is 5.91 Å². The van der Waals surface area contributed by atoms with Crippen LogP contribution in [0.25, 0.3) is 11.3 Å². The number of rotatable bonds is 2. The van der Waals surface area contributed by atoms with Crippen LogP contribution in [0.4, 0.5) is 0 Å². The smallest absolute Gasteiger partial charge is 0.251 e. The Hall–Kier alpha value is -2.64. The molecule has 1 aromatic heterocycles. The van der Waals surface area contributed by atoms with Crippen molar-refractivity contribution in [1.29, 1.82) is 0 Å². The predicted octanol–water partition coefficient (Wildman–Crippen LogP) is 5.12. The minimum atomic E-state index is -0.722. The van der Waals surface area contributed by atoms with Gasteiger partial charge in [0.1, 0.15) is 6.10 Å². The van der Waals surface area contributed by atoms with Crippen molar-refractivity contribution in [3.8, 4) is 23.6 Å². The standard InChI is InChI=1S/C16H15N.C5H9NO2.2C2H6/c1-4-13-7-5-8-14(11-13)16-10-6-9-15(17-16)12(2)3;1-6-3-2-4(7)5(6)8;2*1-2/h1,5-12H,2-3H3;4,7H,2-3H2,1H3;2*1-2H3. The molecule has 1 amide bonds. The number of terminal acetylenes is 1. The molecule has 1 N–H and O–H groups in total. The second-order valence-electron chi connectivity index (χ2n) is 6.39. The quantitative estimate of drug-likeness (QED) is 0.717. The van der Waals surface area contributed by atoms with Crippen LogP contribution >= 0.6 is 0 Å². The fourth-order valence-corrected chi connectivity index (χ4v) is 2.51. The molecule has 2 aromatic rings. The van der Waals surface area contributed by atoms with Gasteiger partial charge in [-0.05, 0) is 36.6 Å². The van der Waals surface area contributed by atoms with Crippen molar-refractivity contribution in [2.45, 2.75) is 60.0 Å². The molecule has 0 saturated carbocycles. The van der Waals surface area contributed by atoms with E-state index in [0.717, 1.165) is 22.5 Å². The molecule has 4 heteroatoms. The van der Waals surface area contributed by atoms with Crippen molar-refractivity contribution in [3.63, 3.8) is 0 Å². The molecule has 158 valence electrons. The molecule has 2 heterocycles. The number of aromatic nitrogens is 1. The average Bonchev–Trinajstić information content (AvgIpc) is 3.08. The summed E-state index contributed by atoms with van der Waals surface area (Å²) in [6.07, 6.45) is 5.27. The molecular weight excluding hydrogens is 360 g/mol. The maximum atomic E-state index is 10.6. The van der Waals surface area contributed by atoms with Crippen LogP contribution in [0.5, 0.6) is 0 Å². The monoisotopic (exact) mass is 396 g/mol. The van der Waals surface area contributed by atoms with E-state index in [4.69, 9.17) is 11.5 Å². The molecule has 0 aliphatic carbocycles. The van der Waals surface area contributed by atoms with Gasteiger partial charge in [0.05, 0.1) is 5.69 Å². The summed E-state index contributed by atoms with van der Waals surface area (Å²) in [5.74, 6) is 2.93. The van der Waals surface area contributed by atoms with Gasteiger partial charge >= 0.3 is 0 Å². The van der Waals surface area contributed by atoms with E-state index >= 15 is 0 Å². The number of aliphatic hydroxyl groups is 1. The van der Waals surface area contributed by atoms with Gasteiger partial charge < -0.3 is 10.0 Å². The SMILES string of the molecule is C#Cc1cccc(-c2cccc(C(C)C)n2)c1.CC.CC.CN1CCC(O)C1=O. The number of likely N-dealkylation sites (tertiary alicyclic amines) is 1. The lowest BCUT2D eigenvalue weighted by Crippen LogP contribution is -2.24. The summed E-state index contributed by atoms with van der Waals surface area (Å²) in [6, 6.07) is 14.0. The molecule has 0 bridgehead atoms. The number of carbonyl (C=O) groups is 1. The van der Waals surface area contributed by atoms with Crippen LogP contribution in [0.3, 0.4) is 0 Å². The molecule has 1 saturated heterocycles.